The topological polar surface area (TPSA) is 69.1 Å². The number of nitrogen functional groups attached to an aromatic ring is 1. The van der Waals surface area contributed by atoms with Gasteiger partial charge in [0.25, 0.3) is 0 Å². The standard InChI is InChI=1S/C6H7N5/c1-4-3-11-5(2-8-4)9-6(7)10-11/h2-3H,1H3,(H2,7,10). The highest BCUT2D eigenvalue weighted by Gasteiger charge is 1.98. The van der Waals surface area contributed by atoms with E-state index in [0.29, 0.717) is 5.65 Å². The summed E-state index contributed by atoms with van der Waals surface area (Å²) in [6, 6.07) is 0. The number of rotatable bonds is 0. The second-order valence-electron chi connectivity index (χ2n) is 2.30. The van der Waals surface area contributed by atoms with Crippen LogP contribution in [0.4, 0.5) is 5.95 Å². The van der Waals surface area contributed by atoms with Crippen molar-refractivity contribution in [3.8, 4) is 0 Å². The van der Waals surface area contributed by atoms with Crippen LogP contribution in [0.5, 0.6) is 0 Å². The first-order valence-electron chi connectivity index (χ1n) is 3.20. The Morgan fingerprint density at radius 3 is 3.18 bits per heavy atom. The van der Waals surface area contributed by atoms with Gasteiger partial charge in [-0.2, -0.15) is 4.98 Å². The molecule has 0 aliphatic rings. The molecule has 11 heavy (non-hydrogen) atoms. The molecule has 2 heterocycles. The Balaban J connectivity index is 2.82. The molecular formula is C6H7N5. The summed E-state index contributed by atoms with van der Waals surface area (Å²) in [7, 11) is 0. The van der Waals surface area contributed by atoms with Crippen LogP contribution in [0.3, 0.4) is 0 Å². The van der Waals surface area contributed by atoms with Crippen LogP contribution in [0.1, 0.15) is 5.69 Å². The zero-order chi connectivity index (χ0) is 7.84. The van der Waals surface area contributed by atoms with Crippen molar-refractivity contribution in [3.05, 3.63) is 18.1 Å². The van der Waals surface area contributed by atoms with E-state index < -0.39 is 0 Å². The number of aryl methyl sites for hydroxylation is 1. The van der Waals surface area contributed by atoms with Gasteiger partial charge in [-0.15, -0.1) is 5.10 Å². The maximum atomic E-state index is 5.37. The summed E-state index contributed by atoms with van der Waals surface area (Å²) in [5, 5.41) is 3.92. The molecule has 0 saturated heterocycles. The monoisotopic (exact) mass is 149 g/mol. The van der Waals surface area contributed by atoms with Crippen molar-refractivity contribution >= 4 is 11.6 Å². The number of nitrogens with zero attached hydrogens (tertiary/aromatic N) is 4. The molecule has 2 N–H and O–H groups in total. The van der Waals surface area contributed by atoms with Crippen LogP contribution >= 0.6 is 0 Å². The lowest BCUT2D eigenvalue weighted by atomic mass is 10.5. The highest BCUT2D eigenvalue weighted by Crippen LogP contribution is 2.00. The minimum absolute atomic E-state index is 0.275. The highest BCUT2D eigenvalue weighted by molar-refractivity contribution is 5.38. The molecule has 0 aliphatic heterocycles. The minimum Gasteiger partial charge on any atom is -0.366 e. The van der Waals surface area contributed by atoms with Gasteiger partial charge in [0, 0.05) is 0 Å². The highest BCUT2D eigenvalue weighted by atomic mass is 15.3. The van der Waals surface area contributed by atoms with Gasteiger partial charge in [0.2, 0.25) is 5.95 Å². The lowest BCUT2D eigenvalue weighted by molar-refractivity contribution is 0.933. The average Bonchev–Trinajstić information content (AvgIpc) is 2.27. The number of anilines is 1. The molecule has 2 aromatic heterocycles. The Hall–Kier alpha value is -1.65. The molecule has 0 bridgehead atoms. The lowest BCUT2D eigenvalue weighted by Crippen LogP contribution is -1.91. The number of hydrogen-bond acceptors (Lipinski definition) is 4. The maximum absolute atomic E-state index is 5.37. The molecule has 0 atom stereocenters. The summed E-state index contributed by atoms with van der Waals surface area (Å²) < 4.78 is 1.61. The molecule has 0 fully saturated rings. The summed E-state index contributed by atoms with van der Waals surface area (Å²) in [6.07, 6.45) is 3.41. The SMILES string of the molecule is Cc1cn2nc(N)nc2cn1. The number of hydrogen-bond donors (Lipinski definition) is 1. The molecule has 0 saturated carbocycles. The van der Waals surface area contributed by atoms with Crippen molar-refractivity contribution < 1.29 is 0 Å². The van der Waals surface area contributed by atoms with Crippen LogP contribution in [0.2, 0.25) is 0 Å². The van der Waals surface area contributed by atoms with Crippen molar-refractivity contribution in [2.24, 2.45) is 0 Å². The molecule has 0 spiro atoms. The van der Waals surface area contributed by atoms with Crippen molar-refractivity contribution in [1.82, 2.24) is 19.6 Å². The molecule has 5 nitrogen and oxygen atoms in total. The molecule has 0 amide bonds. The second kappa shape index (κ2) is 1.91. The molecule has 0 aromatic carbocycles. The van der Waals surface area contributed by atoms with Gasteiger partial charge in [-0.1, -0.05) is 0 Å². The molecule has 5 heteroatoms. The third-order valence-electron chi connectivity index (χ3n) is 1.37. The summed E-state index contributed by atoms with van der Waals surface area (Å²) >= 11 is 0. The summed E-state index contributed by atoms with van der Waals surface area (Å²) in [5.41, 5.74) is 6.94. The molecule has 56 valence electrons. The van der Waals surface area contributed by atoms with E-state index in [1.807, 2.05) is 6.92 Å². The van der Waals surface area contributed by atoms with Gasteiger partial charge >= 0.3 is 0 Å². The third kappa shape index (κ3) is 0.899. The first-order valence-corrected chi connectivity index (χ1v) is 3.20. The van der Waals surface area contributed by atoms with E-state index in [4.69, 9.17) is 5.73 Å². The van der Waals surface area contributed by atoms with Crippen LogP contribution in [0, 0.1) is 6.92 Å². The Labute approximate surface area is 62.9 Å². The van der Waals surface area contributed by atoms with E-state index in [-0.39, 0.29) is 5.95 Å². The first kappa shape index (κ1) is 6.09. The van der Waals surface area contributed by atoms with Crippen LogP contribution in [-0.2, 0) is 0 Å². The van der Waals surface area contributed by atoms with Crippen LogP contribution in [0.25, 0.3) is 5.65 Å². The smallest absolute Gasteiger partial charge is 0.240 e. The normalized spacial score (nSPS) is 10.6. The molecule has 0 aliphatic carbocycles. The molecule has 2 aromatic rings. The average molecular weight is 149 g/mol. The van der Waals surface area contributed by atoms with Gasteiger partial charge < -0.3 is 5.73 Å². The largest absolute Gasteiger partial charge is 0.366 e. The summed E-state index contributed by atoms with van der Waals surface area (Å²) in [5.74, 6) is 0.275. The van der Waals surface area contributed by atoms with E-state index in [1.54, 1.807) is 16.9 Å². The molecule has 2 rings (SSSR count). The Morgan fingerprint density at radius 2 is 2.36 bits per heavy atom. The van der Waals surface area contributed by atoms with Gasteiger partial charge in [-0.25, -0.2) is 4.52 Å². The van der Waals surface area contributed by atoms with Crippen molar-refractivity contribution in [1.29, 1.82) is 0 Å². The summed E-state index contributed by atoms with van der Waals surface area (Å²) in [6.45, 7) is 1.89. The van der Waals surface area contributed by atoms with Gasteiger partial charge in [-0.05, 0) is 6.92 Å². The van der Waals surface area contributed by atoms with E-state index in [1.165, 1.54) is 0 Å². The van der Waals surface area contributed by atoms with Gasteiger partial charge in [0.05, 0.1) is 18.1 Å². The quantitative estimate of drug-likeness (QED) is 0.573. The van der Waals surface area contributed by atoms with Gasteiger partial charge in [-0.3, -0.25) is 4.98 Å². The van der Waals surface area contributed by atoms with Crippen LogP contribution in [-0.4, -0.2) is 19.6 Å². The fraction of sp³-hybridized carbons (Fsp3) is 0.167. The summed E-state index contributed by atoms with van der Waals surface area (Å²) in [4.78, 5) is 7.96. The number of aromatic nitrogens is 4. The number of nitrogens with two attached hydrogens (primary N) is 1. The van der Waals surface area contributed by atoms with E-state index in [2.05, 4.69) is 15.1 Å². The van der Waals surface area contributed by atoms with E-state index in [9.17, 15) is 0 Å². The Bertz CT molecular complexity index is 391. The molecule has 0 radical (unpaired) electrons. The zero-order valence-corrected chi connectivity index (χ0v) is 6.02. The molecule has 0 unspecified atom stereocenters. The minimum atomic E-state index is 0.275. The Morgan fingerprint density at radius 1 is 1.55 bits per heavy atom. The van der Waals surface area contributed by atoms with Crippen LogP contribution < -0.4 is 5.73 Å². The number of fused-ring (bicyclic) bond motifs is 1. The van der Waals surface area contributed by atoms with Crippen molar-refractivity contribution in [2.45, 2.75) is 6.92 Å². The van der Waals surface area contributed by atoms with Crippen LogP contribution in [0.15, 0.2) is 12.4 Å². The van der Waals surface area contributed by atoms with Crippen molar-refractivity contribution in [2.75, 3.05) is 5.73 Å². The zero-order valence-electron chi connectivity index (χ0n) is 6.02. The fourth-order valence-corrected chi connectivity index (χ4v) is 0.905. The predicted octanol–water partition coefficient (Wildman–Crippen LogP) is 0.0149. The second-order valence-corrected chi connectivity index (χ2v) is 2.30. The van der Waals surface area contributed by atoms with Gasteiger partial charge in [0.15, 0.2) is 5.65 Å². The third-order valence-corrected chi connectivity index (χ3v) is 1.37. The van der Waals surface area contributed by atoms with E-state index in [0.717, 1.165) is 5.69 Å². The first-order chi connectivity index (χ1) is 5.25. The van der Waals surface area contributed by atoms with E-state index >= 15 is 0 Å². The maximum Gasteiger partial charge on any atom is 0.240 e. The molecular weight excluding hydrogens is 142 g/mol. The van der Waals surface area contributed by atoms with Crippen molar-refractivity contribution in [3.63, 3.8) is 0 Å². The fourth-order valence-electron chi connectivity index (χ4n) is 0.905. The Kier molecular flexibility index (Phi) is 1.06. The predicted molar refractivity (Wildman–Crippen MR) is 39.9 cm³/mol. The van der Waals surface area contributed by atoms with Gasteiger partial charge in [0.1, 0.15) is 0 Å². The lowest BCUT2D eigenvalue weighted by Gasteiger charge is -1.90.